The molecule has 3 heterocycles. The van der Waals surface area contributed by atoms with E-state index in [1.807, 2.05) is 6.07 Å². The average Bonchev–Trinajstić information content (AvgIpc) is 3.15. The van der Waals surface area contributed by atoms with Crippen LogP contribution in [-0.4, -0.2) is 53.2 Å². The Balaban J connectivity index is 1.22. The van der Waals surface area contributed by atoms with Crippen molar-refractivity contribution in [1.29, 1.82) is 0 Å². The van der Waals surface area contributed by atoms with Gasteiger partial charge in [0.15, 0.2) is 0 Å². The summed E-state index contributed by atoms with van der Waals surface area (Å²) in [6.45, 7) is 3.21. The van der Waals surface area contributed by atoms with Crippen LogP contribution in [0.25, 0.3) is 0 Å². The van der Waals surface area contributed by atoms with Gasteiger partial charge in [0.25, 0.3) is 5.91 Å². The van der Waals surface area contributed by atoms with Gasteiger partial charge in [0, 0.05) is 23.0 Å². The van der Waals surface area contributed by atoms with E-state index in [9.17, 15) is 18.8 Å². The highest BCUT2D eigenvalue weighted by molar-refractivity contribution is 9.10. The SMILES string of the molecule is O=C1CCC(N2Cc3c(cc(F)cc3C3CCN(CCCc4cccc(Br)c4)CC3)C2=O)C(=O)N1. The van der Waals surface area contributed by atoms with Gasteiger partial charge in [-0.25, -0.2) is 4.39 Å². The van der Waals surface area contributed by atoms with Crippen LogP contribution in [0.15, 0.2) is 40.9 Å². The van der Waals surface area contributed by atoms with Crippen molar-refractivity contribution in [2.75, 3.05) is 19.6 Å². The lowest BCUT2D eigenvalue weighted by Crippen LogP contribution is -2.52. The molecule has 3 amide bonds. The smallest absolute Gasteiger partial charge is 0.255 e. The number of piperidine rings is 2. The van der Waals surface area contributed by atoms with Crippen molar-refractivity contribution in [3.8, 4) is 0 Å². The first-order valence-electron chi connectivity index (χ1n) is 12.3. The molecule has 0 aromatic heterocycles. The van der Waals surface area contributed by atoms with Gasteiger partial charge in [-0.1, -0.05) is 28.1 Å². The molecule has 2 aromatic carbocycles. The highest BCUT2D eigenvalue weighted by Gasteiger charge is 2.41. The second-order valence-electron chi connectivity index (χ2n) is 9.77. The van der Waals surface area contributed by atoms with Crippen LogP contribution < -0.4 is 5.32 Å². The van der Waals surface area contributed by atoms with Crippen LogP contribution in [0.3, 0.4) is 0 Å². The minimum absolute atomic E-state index is 0.190. The van der Waals surface area contributed by atoms with Crippen molar-refractivity contribution < 1.29 is 18.8 Å². The van der Waals surface area contributed by atoms with Crippen LogP contribution in [0.5, 0.6) is 0 Å². The van der Waals surface area contributed by atoms with E-state index in [2.05, 4.69) is 44.3 Å². The molecule has 1 unspecified atom stereocenters. The molecule has 3 aliphatic heterocycles. The van der Waals surface area contributed by atoms with Gasteiger partial charge in [-0.15, -0.1) is 0 Å². The summed E-state index contributed by atoms with van der Waals surface area (Å²) in [4.78, 5) is 41.0. The fourth-order valence-electron chi connectivity index (χ4n) is 5.68. The van der Waals surface area contributed by atoms with Gasteiger partial charge in [0.2, 0.25) is 11.8 Å². The molecule has 2 aromatic rings. The maximum Gasteiger partial charge on any atom is 0.255 e. The quantitative estimate of drug-likeness (QED) is 0.557. The molecule has 3 aliphatic rings. The molecular weight excluding hydrogens is 513 g/mol. The van der Waals surface area contributed by atoms with Crippen LogP contribution in [0.1, 0.15) is 65.1 Å². The molecule has 1 N–H and O–H groups in total. The number of imide groups is 1. The van der Waals surface area contributed by atoms with Crippen molar-refractivity contribution in [3.63, 3.8) is 0 Å². The first kappa shape index (κ1) is 24.1. The first-order chi connectivity index (χ1) is 16.9. The summed E-state index contributed by atoms with van der Waals surface area (Å²) in [5, 5.41) is 2.32. The molecule has 184 valence electrons. The number of carbonyl (C=O) groups is 3. The van der Waals surface area contributed by atoms with Crippen molar-refractivity contribution in [2.45, 2.75) is 57.0 Å². The van der Waals surface area contributed by atoms with Crippen LogP contribution in [0.4, 0.5) is 4.39 Å². The summed E-state index contributed by atoms with van der Waals surface area (Å²) in [6.07, 6.45) is 4.47. The van der Waals surface area contributed by atoms with Crippen molar-refractivity contribution in [3.05, 3.63) is 68.9 Å². The third-order valence-electron chi connectivity index (χ3n) is 7.51. The normalized spacial score (nSPS) is 21.4. The molecule has 0 spiro atoms. The topological polar surface area (TPSA) is 69.7 Å². The number of hydrogen-bond donors (Lipinski definition) is 1. The minimum Gasteiger partial charge on any atom is -0.322 e. The molecule has 6 nitrogen and oxygen atoms in total. The number of hydrogen-bond acceptors (Lipinski definition) is 4. The summed E-state index contributed by atoms with van der Waals surface area (Å²) in [7, 11) is 0. The van der Waals surface area contributed by atoms with E-state index < -0.39 is 17.8 Å². The Labute approximate surface area is 213 Å². The van der Waals surface area contributed by atoms with E-state index in [1.165, 1.54) is 16.5 Å². The lowest BCUT2D eigenvalue weighted by atomic mass is 9.85. The lowest BCUT2D eigenvalue weighted by Gasteiger charge is -2.33. The Morgan fingerprint density at radius 3 is 2.60 bits per heavy atom. The number of carbonyl (C=O) groups excluding carboxylic acids is 3. The standard InChI is InChI=1S/C27H29BrFN3O3/c28-19-5-1-3-17(13-19)4-2-10-31-11-8-18(9-12-31)21-14-20(29)15-22-23(21)16-32(27(22)35)24-6-7-25(33)30-26(24)34/h1,3,5,13-15,18,24H,2,4,6-12,16H2,(H,30,33,34). The fourth-order valence-corrected chi connectivity index (χ4v) is 6.13. The predicted octanol–water partition coefficient (Wildman–Crippen LogP) is 4.16. The Hall–Kier alpha value is -2.58. The van der Waals surface area contributed by atoms with Crippen molar-refractivity contribution in [1.82, 2.24) is 15.1 Å². The molecule has 0 saturated carbocycles. The first-order valence-corrected chi connectivity index (χ1v) is 13.1. The van der Waals surface area contributed by atoms with E-state index in [4.69, 9.17) is 0 Å². The van der Waals surface area contributed by atoms with E-state index in [1.54, 1.807) is 6.07 Å². The number of nitrogens with one attached hydrogen (secondary N) is 1. The molecule has 2 saturated heterocycles. The molecule has 0 bridgehead atoms. The monoisotopic (exact) mass is 541 g/mol. The van der Waals surface area contributed by atoms with Gasteiger partial charge >= 0.3 is 0 Å². The zero-order chi connectivity index (χ0) is 24.5. The molecule has 0 aliphatic carbocycles. The number of rotatable bonds is 6. The molecular formula is C27H29BrFN3O3. The Kier molecular flexibility index (Phi) is 7.02. The number of aryl methyl sites for hydroxylation is 1. The number of fused-ring (bicyclic) bond motifs is 1. The molecule has 5 rings (SSSR count). The third kappa shape index (κ3) is 5.19. The van der Waals surface area contributed by atoms with Crippen LogP contribution in [-0.2, 0) is 22.6 Å². The Bertz CT molecular complexity index is 1160. The number of amides is 3. The number of nitrogens with zero attached hydrogens (tertiary/aromatic N) is 2. The number of benzene rings is 2. The number of halogens is 2. The van der Waals surface area contributed by atoms with E-state index >= 15 is 0 Å². The van der Waals surface area contributed by atoms with Crippen LogP contribution in [0.2, 0.25) is 0 Å². The summed E-state index contributed by atoms with van der Waals surface area (Å²) in [5.74, 6) is -1.30. The van der Waals surface area contributed by atoms with E-state index in [0.717, 1.165) is 60.9 Å². The zero-order valence-corrected chi connectivity index (χ0v) is 21.2. The lowest BCUT2D eigenvalue weighted by molar-refractivity contribution is -0.136. The summed E-state index contributed by atoms with van der Waals surface area (Å²) in [6, 6.07) is 10.6. The molecule has 35 heavy (non-hydrogen) atoms. The van der Waals surface area contributed by atoms with Crippen LogP contribution in [0, 0.1) is 5.82 Å². The van der Waals surface area contributed by atoms with Crippen molar-refractivity contribution in [2.24, 2.45) is 0 Å². The number of likely N-dealkylation sites (tertiary alicyclic amines) is 1. The van der Waals surface area contributed by atoms with Crippen molar-refractivity contribution >= 4 is 33.7 Å². The minimum atomic E-state index is -0.685. The molecule has 0 radical (unpaired) electrons. The van der Waals surface area contributed by atoms with Crippen LogP contribution >= 0.6 is 15.9 Å². The predicted molar refractivity (Wildman–Crippen MR) is 133 cm³/mol. The van der Waals surface area contributed by atoms with E-state index in [0.29, 0.717) is 18.5 Å². The molecule has 1 atom stereocenters. The Morgan fingerprint density at radius 2 is 1.86 bits per heavy atom. The highest BCUT2D eigenvalue weighted by atomic mass is 79.9. The second kappa shape index (κ2) is 10.2. The zero-order valence-electron chi connectivity index (χ0n) is 19.6. The Morgan fingerprint density at radius 1 is 1.06 bits per heavy atom. The molecule has 2 fully saturated rings. The van der Waals surface area contributed by atoms with E-state index in [-0.39, 0.29) is 24.2 Å². The fraction of sp³-hybridized carbons (Fsp3) is 0.444. The van der Waals surface area contributed by atoms with Gasteiger partial charge < -0.3 is 9.80 Å². The molecule has 8 heteroatoms. The second-order valence-corrected chi connectivity index (χ2v) is 10.7. The average molecular weight is 542 g/mol. The van der Waals surface area contributed by atoms with Gasteiger partial charge in [0.1, 0.15) is 11.9 Å². The summed E-state index contributed by atoms with van der Waals surface area (Å²) >= 11 is 3.53. The largest absolute Gasteiger partial charge is 0.322 e. The maximum atomic E-state index is 14.6. The summed E-state index contributed by atoms with van der Waals surface area (Å²) in [5.41, 5.74) is 3.43. The van der Waals surface area contributed by atoms with Gasteiger partial charge in [-0.2, -0.15) is 0 Å². The van der Waals surface area contributed by atoms with Gasteiger partial charge in [-0.3, -0.25) is 19.7 Å². The van der Waals surface area contributed by atoms with Gasteiger partial charge in [0.05, 0.1) is 0 Å². The highest BCUT2D eigenvalue weighted by Crippen LogP contribution is 2.37. The summed E-state index contributed by atoms with van der Waals surface area (Å²) < 4.78 is 15.7. The van der Waals surface area contributed by atoms with Gasteiger partial charge in [-0.05, 0) is 98.6 Å². The third-order valence-corrected chi connectivity index (χ3v) is 8.00. The maximum absolute atomic E-state index is 14.6.